The van der Waals surface area contributed by atoms with Gasteiger partial charge in [-0.05, 0) is 31.5 Å². The second-order valence-corrected chi connectivity index (χ2v) is 4.23. The Balaban J connectivity index is 1.95. The molecule has 0 aliphatic carbocycles. The van der Waals surface area contributed by atoms with Crippen LogP contribution in [-0.2, 0) is 13.6 Å². The molecule has 0 saturated heterocycles. The van der Waals surface area contributed by atoms with Crippen LogP contribution < -0.4 is 10.1 Å². The highest BCUT2D eigenvalue weighted by atomic mass is 16.5. The van der Waals surface area contributed by atoms with E-state index >= 15 is 0 Å². The van der Waals surface area contributed by atoms with Crippen molar-refractivity contribution in [2.24, 2.45) is 7.05 Å². The van der Waals surface area contributed by atoms with E-state index in [1.165, 1.54) is 5.56 Å². The first-order valence-electron chi connectivity index (χ1n) is 6.15. The van der Waals surface area contributed by atoms with Gasteiger partial charge in [0.05, 0.1) is 18.0 Å². The molecule has 96 valence electrons. The molecular formula is C14H19N3O. The highest BCUT2D eigenvalue weighted by Crippen LogP contribution is 2.15. The molecule has 4 nitrogen and oxygen atoms in total. The molecule has 1 heterocycles. The summed E-state index contributed by atoms with van der Waals surface area (Å²) in [6, 6.07) is 8.14. The van der Waals surface area contributed by atoms with Gasteiger partial charge in [-0.15, -0.1) is 0 Å². The van der Waals surface area contributed by atoms with Crippen molar-refractivity contribution in [3.63, 3.8) is 0 Å². The molecule has 0 amide bonds. The van der Waals surface area contributed by atoms with Gasteiger partial charge in [-0.1, -0.05) is 12.1 Å². The van der Waals surface area contributed by atoms with Gasteiger partial charge in [0.25, 0.3) is 0 Å². The Hall–Kier alpha value is -1.97. The number of hydrogen-bond acceptors (Lipinski definition) is 3. The fourth-order valence-electron chi connectivity index (χ4n) is 1.84. The Bertz CT molecular complexity index is 502. The van der Waals surface area contributed by atoms with E-state index in [0.29, 0.717) is 6.61 Å². The zero-order valence-electron chi connectivity index (χ0n) is 11.1. The number of hydrogen-bond donors (Lipinski definition) is 1. The van der Waals surface area contributed by atoms with Crippen molar-refractivity contribution in [2.75, 3.05) is 11.9 Å². The van der Waals surface area contributed by atoms with Crippen LogP contribution in [0.1, 0.15) is 18.2 Å². The van der Waals surface area contributed by atoms with E-state index in [9.17, 15) is 0 Å². The van der Waals surface area contributed by atoms with Gasteiger partial charge < -0.3 is 10.1 Å². The molecule has 0 saturated carbocycles. The Morgan fingerprint density at radius 3 is 2.56 bits per heavy atom. The maximum absolute atomic E-state index is 5.41. The number of aromatic nitrogens is 2. The SMILES string of the molecule is CCOc1ccc(CNc2cn(C)nc2C)cc1. The zero-order chi connectivity index (χ0) is 13.0. The quantitative estimate of drug-likeness (QED) is 0.880. The summed E-state index contributed by atoms with van der Waals surface area (Å²) in [5, 5.41) is 7.67. The van der Waals surface area contributed by atoms with E-state index in [2.05, 4.69) is 22.5 Å². The molecule has 1 aromatic carbocycles. The predicted molar refractivity (Wildman–Crippen MR) is 72.9 cm³/mol. The second-order valence-electron chi connectivity index (χ2n) is 4.23. The molecule has 0 fully saturated rings. The average Bonchev–Trinajstić information content (AvgIpc) is 2.67. The lowest BCUT2D eigenvalue weighted by atomic mass is 10.2. The van der Waals surface area contributed by atoms with Crippen molar-refractivity contribution in [2.45, 2.75) is 20.4 Å². The molecule has 2 rings (SSSR count). The third-order valence-corrected chi connectivity index (χ3v) is 2.73. The maximum Gasteiger partial charge on any atom is 0.119 e. The van der Waals surface area contributed by atoms with Crippen molar-refractivity contribution in [1.82, 2.24) is 9.78 Å². The molecule has 0 aliphatic heterocycles. The number of aryl methyl sites for hydroxylation is 2. The minimum Gasteiger partial charge on any atom is -0.494 e. The first kappa shape index (κ1) is 12.5. The molecule has 2 aromatic rings. The lowest BCUT2D eigenvalue weighted by Gasteiger charge is -2.06. The number of rotatable bonds is 5. The van der Waals surface area contributed by atoms with E-state index in [1.54, 1.807) is 0 Å². The van der Waals surface area contributed by atoms with Crippen LogP contribution in [0.2, 0.25) is 0 Å². The van der Waals surface area contributed by atoms with Crippen molar-refractivity contribution >= 4 is 5.69 Å². The van der Waals surface area contributed by atoms with Crippen LogP contribution in [0, 0.1) is 6.92 Å². The van der Waals surface area contributed by atoms with Crippen LogP contribution in [0.15, 0.2) is 30.5 Å². The van der Waals surface area contributed by atoms with Gasteiger partial charge in [-0.25, -0.2) is 0 Å². The molecule has 4 heteroatoms. The monoisotopic (exact) mass is 245 g/mol. The molecule has 18 heavy (non-hydrogen) atoms. The van der Waals surface area contributed by atoms with Crippen molar-refractivity contribution in [3.8, 4) is 5.75 Å². The van der Waals surface area contributed by atoms with Crippen LogP contribution >= 0.6 is 0 Å². The number of ether oxygens (including phenoxy) is 1. The molecule has 1 N–H and O–H groups in total. The van der Waals surface area contributed by atoms with Gasteiger partial charge >= 0.3 is 0 Å². The molecule has 0 atom stereocenters. The summed E-state index contributed by atoms with van der Waals surface area (Å²) < 4.78 is 7.23. The van der Waals surface area contributed by atoms with Gasteiger partial charge in [0, 0.05) is 19.8 Å². The highest BCUT2D eigenvalue weighted by molar-refractivity contribution is 5.46. The van der Waals surface area contributed by atoms with Gasteiger partial charge in [-0.2, -0.15) is 5.10 Å². The summed E-state index contributed by atoms with van der Waals surface area (Å²) in [4.78, 5) is 0. The molecule has 0 spiro atoms. The fourth-order valence-corrected chi connectivity index (χ4v) is 1.84. The number of nitrogens with zero attached hydrogens (tertiary/aromatic N) is 2. The number of nitrogens with one attached hydrogen (secondary N) is 1. The van der Waals surface area contributed by atoms with Gasteiger partial charge in [0.15, 0.2) is 0 Å². The fraction of sp³-hybridized carbons (Fsp3) is 0.357. The third-order valence-electron chi connectivity index (χ3n) is 2.73. The van der Waals surface area contributed by atoms with Crippen LogP contribution in [-0.4, -0.2) is 16.4 Å². The topological polar surface area (TPSA) is 39.1 Å². The lowest BCUT2D eigenvalue weighted by molar-refractivity contribution is 0.340. The normalized spacial score (nSPS) is 10.4. The van der Waals surface area contributed by atoms with E-state index in [0.717, 1.165) is 23.7 Å². The van der Waals surface area contributed by atoms with Crippen molar-refractivity contribution < 1.29 is 4.74 Å². The summed E-state index contributed by atoms with van der Waals surface area (Å²) in [6.07, 6.45) is 1.99. The highest BCUT2D eigenvalue weighted by Gasteiger charge is 2.02. The third kappa shape index (κ3) is 3.03. The smallest absolute Gasteiger partial charge is 0.119 e. The van der Waals surface area contributed by atoms with E-state index in [-0.39, 0.29) is 0 Å². The summed E-state index contributed by atoms with van der Waals surface area (Å²) in [5.41, 5.74) is 3.32. The van der Waals surface area contributed by atoms with Gasteiger partial charge in [0.1, 0.15) is 5.75 Å². The van der Waals surface area contributed by atoms with E-state index < -0.39 is 0 Å². The zero-order valence-corrected chi connectivity index (χ0v) is 11.1. The van der Waals surface area contributed by atoms with Gasteiger partial charge in [0.2, 0.25) is 0 Å². The Morgan fingerprint density at radius 1 is 1.28 bits per heavy atom. The van der Waals surface area contributed by atoms with E-state index in [1.807, 2.05) is 43.9 Å². The maximum atomic E-state index is 5.41. The summed E-state index contributed by atoms with van der Waals surface area (Å²) in [7, 11) is 1.93. The van der Waals surface area contributed by atoms with Crippen LogP contribution in [0.3, 0.4) is 0 Å². The minimum absolute atomic E-state index is 0.701. The van der Waals surface area contributed by atoms with Crippen molar-refractivity contribution in [1.29, 1.82) is 0 Å². The Labute approximate surface area is 108 Å². The molecule has 0 unspecified atom stereocenters. The number of anilines is 1. The second kappa shape index (κ2) is 5.58. The van der Waals surface area contributed by atoms with Crippen LogP contribution in [0.4, 0.5) is 5.69 Å². The average molecular weight is 245 g/mol. The molecule has 0 aliphatic rings. The molecule has 0 radical (unpaired) electrons. The lowest BCUT2D eigenvalue weighted by Crippen LogP contribution is -2.00. The first-order valence-corrected chi connectivity index (χ1v) is 6.15. The Morgan fingerprint density at radius 2 is 2.00 bits per heavy atom. The standard InChI is InChI=1S/C14H19N3O/c1-4-18-13-7-5-12(6-8-13)9-15-14-10-17(3)16-11(14)2/h5-8,10,15H,4,9H2,1-3H3. The largest absolute Gasteiger partial charge is 0.494 e. The molecule has 1 aromatic heterocycles. The first-order chi connectivity index (χ1) is 8.69. The van der Waals surface area contributed by atoms with Gasteiger partial charge in [-0.3, -0.25) is 4.68 Å². The Kier molecular flexibility index (Phi) is 3.87. The van der Waals surface area contributed by atoms with Crippen LogP contribution in [0.5, 0.6) is 5.75 Å². The summed E-state index contributed by atoms with van der Waals surface area (Å²) in [5.74, 6) is 0.916. The van der Waals surface area contributed by atoms with Crippen molar-refractivity contribution in [3.05, 3.63) is 41.7 Å². The van der Waals surface area contributed by atoms with Crippen LogP contribution in [0.25, 0.3) is 0 Å². The minimum atomic E-state index is 0.701. The predicted octanol–water partition coefficient (Wildman–Crippen LogP) is 2.74. The summed E-state index contributed by atoms with van der Waals surface area (Å²) >= 11 is 0. The number of benzene rings is 1. The molecule has 0 bridgehead atoms. The summed E-state index contributed by atoms with van der Waals surface area (Å²) in [6.45, 7) is 5.48. The van der Waals surface area contributed by atoms with E-state index in [4.69, 9.17) is 4.74 Å². The molecular weight excluding hydrogens is 226 g/mol.